The number of azo groups is 1. The van der Waals surface area contributed by atoms with E-state index in [-0.39, 0.29) is 29.1 Å². The molecule has 0 radical (unpaired) electrons. The predicted octanol–water partition coefficient (Wildman–Crippen LogP) is 6.43. The van der Waals surface area contributed by atoms with Crippen LogP contribution >= 0.6 is 0 Å². The SMILES string of the molecule is CCOc1ccccc1[C@@H]1N=NC(C2=C(O)c3ccccc3C2=O)=C[C@H]1c1ccccc1. The summed E-state index contributed by atoms with van der Waals surface area (Å²) in [6, 6.07) is 24.6. The smallest absolute Gasteiger partial charge is 0.199 e. The van der Waals surface area contributed by atoms with Gasteiger partial charge in [0.1, 0.15) is 17.6 Å². The molecule has 2 atom stereocenters. The summed E-state index contributed by atoms with van der Waals surface area (Å²) in [6.07, 6.45) is 1.94. The molecule has 1 N–H and O–H groups in total. The van der Waals surface area contributed by atoms with E-state index in [9.17, 15) is 9.90 Å². The van der Waals surface area contributed by atoms with E-state index in [1.807, 2.05) is 67.6 Å². The van der Waals surface area contributed by atoms with Crippen LogP contribution in [-0.4, -0.2) is 17.5 Å². The Morgan fingerprint density at radius 1 is 0.906 bits per heavy atom. The lowest BCUT2D eigenvalue weighted by Gasteiger charge is -2.26. The molecule has 5 nitrogen and oxygen atoms in total. The van der Waals surface area contributed by atoms with Gasteiger partial charge in [0.15, 0.2) is 5.78 Å². The van der Waals surface area contributed by atoms with Crippen molar-refractivity contribution in [3.8, 4) is 5.75 Å². The molecule has 3 aromatic carbocycles. The third-order valence-electron chi connectivity index (χ3n) is 5.84. The number of ether oxygens (including phenoxy) is 1. The summed E-state index contributed by atoms with van der Waals surface area (Å²) >= 11 is 0. The van der Waals surface area contributed by atoms with Gasteiger partial charge in [0.2, 0.25) is 0 Å². The number of hydrogen-bond donors (Lipinski definition) is 1. The first-order valence-corrected chi connectivity index (χ1v) is 10.7. The Morgan fingerprint density at radius 3 is 2.34 bits per heavy atom. The molecule has 0 saturated carbocycles. The first-order chi connectivity index (χ1) is 15.7. The van der Waals surface area contributed by atoms with Gasteiger partial charge in [0, 0.05) is 22.6 Å². The second-order valence-corrected chi connectivity index (χ2v) is 7.72. The van der Waals surface area contributed by atoms with Crippen LogP contribution in [0.1, 0.15) is 45.9 Å². The first kappa shape index (κ1) is 19.9. The molecule has 2 aliphatic rings. The number of ketones is 1. The summed E-state index contributed by atoms with van der Waals surface area (Å²) in [5.74, 6) is 0.310. The van der Waals surface area contributed by atoms with E-state index in [1.165, 1.54) is 0 Å². The van der Waals surface area contributed by atoms with Crippen molar-refractivity contribution in [3.05, 3.63) is 118 Å². The molecule has 0 bridgehead atoms. The molecule has 0 fully saturated rings. The second-order valence-electron chi connectivity index (χ2n) is 7.72. The van der Waals surface area contributed by atoms with Crippen molar-refractivity contribution < 1.29 is 14.6 Å². The first-order valence-electron chi connectivity index (χ1n) is 10.7. The molecule has 32 heavy (non-hydrogen) atoms. The number of allylic oxidation sites excluding steroid dienone is 1. The van der Waals surface area contributed by atoms with E-state index < -0.39 is 0 Å². The van der Waals surface area contributed by atoms with Gasteiger partial charge in [-0.3, -0.25) is 4.79 Å². The average Bonchev–Trinajstić information content (AvgIpc) is 3.10. The van der Waals surface area contributed by atoms with Crippen molar-refractivity contribution in [1.82, 2.24) is 0 Å². The molecule has 0 amide bonds. The Balaban J connectivity index is 1.61. The number of carbonyl (C=O) groups excluding carboxylic acids is 1. The number of aliphatic hydroxyl groups is 1. The van der Waals surface area contributed by atoms with Crippen LogP contribution in [0.4, 0.5) is 0 Å². The fourth-order valence-electron chi connectivity index (χ4n) is 4.35. The van der Waals surface area contributed by atoms with E-state index in [0.717, 1.165) is 16.9 Å². The van der Waals surface area contributed by atoms with E-state index in [0.29, 0.717) is 23.4 Å². The van der Waals surface area contributed by atoms with E-state index in [2.05, 4.69) is 10.2 Å². The number of fused-ring (bicyclic) bond motifs is 1. The lowest BCUT2D eigenvalue weighted by Crippen LogP contribution is -2.14. The molecular weight excluding hydrogens is 400 g/mol. The molecule has 158 valence electrons. The van der Waals surface area contributed by atoms with Gasteiger partial charge in [-0.1, -0.05) is 72.8 Å². The Hall–Kier alpha value is -3.99. The van der Waals surface area contributed by atoms with Crippen molar-refractivity contribution in [3.63, 3.8) is 0 Å². The summed E-state index contributed by atoms with van der Waals surface area (Å²) in [7, 11) is 0. The quantitative estimate of drug-likeness (QED) is 0.515. The van der Waals surface area contributed by atoms with Gasteiger partial charge < -0.3 is 9.84 Å². The molecule has 1 aliphatic carbocycles. The zero-order valence-electron chi connectivity index (χ0n) is 17.6. The van der Waals surface area contributed by atoms with Gasteiger partial charge in [-0.05, 0) is 24.6 Å². The summed E-state index contributed by atoms with van der Waals surface area (Å²) in [6.45, 7) is 2.50. The van der Waals surface area contributed by atoms with Gasteiger partial charge in [-0.25, -0.2) is 0 Å². The number of aliphatic hydroxyl groups excluding tert-OH is 1. The maximum atomic E-state index is 13.1. The second kappa shape index (κ2) is 8.27. The minimum atomic E-state index is -0.314. The van der Waals surface area contributed by atoms with Gasteiger partial charge >= 0.3 is 0 Å². The van der Waals surface area contributed by atoms with Crippen molar-refractivity contribution in [2.75, 3.05) is 6.61 Å². The van der Waals surface area contributed by atoms with Crippen LogP contribution in [0.3, 0.4) is 0 Å². The standard InChI is InChI=1S/C27H22N2O3/c1-2-32-23-15-9-8-14-20(23)25-21(17-10-4-3-5-11-17)16-22(28-29-25)24-26(30)18-12-6-7-13-19(18)27(24)31/h3-16,21,25,30H,2H2,1H3/t21-,25-/m0/s1. The molecule has 0 saturated heterocycles. The van der Waals surface area contributed by atoms with Crippen molar-refractivity contribution in [2.45, 2.75) is 18.9 Å². The van der Waals surface area contributed by atoms with Crippen LogP contribution in [0.5, 0.6) is 5.75 Å². The number of nitrogens with zero attached hydrogens (tertiary/aromatic N) is 2. The zero-order valence-corrected chi connectivity index (χ0v) is 17.6. The van der Waals surface area contributed by atoms with Crippen molar-refractivity contribution in [2.24, 2.45) is 10.2 Å². The highest BCUT2D eigenvalue weighted by Gasteiger charge is 2.36. The van der Waals surface area contributed by atoms with Gasteiger partial charge in [-0.2, -0.15) is 10.2 Å². The highest BCUT2D eigenvalue weighted by molar-refractivity contribution is 6.22. The minimum absolute atomic E-state index is 0.0456. The van der Waals surface area contributed by atoms with Crippen LogP contribution in [0.2, 0.25) is 0 Å². The van der Waals surface area contributed by atoms with Crippen molar-refractivity contribution in [1.29, 1.82) is 0 Å². The van der Waals surface area contributed by atoms with Gasteiger partial charge in [0.05, 0.1) is 17.9 Å². The minimum Gasteiger partial charge on any atom is -0.506 e. The van der Waals surface area contributed by atoms with Crippen LogP contribution in [0.25, 0.3) is 5.76 Å². The van der Waals surface area contributed by atoms with Crippen LogP contribution < -0.4 is 4.74 Å². The molecular formula is C27H22N2O3. The lowest BCUT2D eigenvalue weighted by atomic mass is 9.84. The average molecular weight is 422 g/mol. The highest BCUT2D eigenvalue weighted by Crippen LogP contribution is 2.45. The Bertz CT molecular complexity index is 1270. The Labute approximate surface area is 186 Å². The molecule has 5 rings (SSSR count). The van der Waals surface area contributed by atoms with Crippen LogP contribution in [0.15, 0.2) is 106 Å². The normalized spacial score (nSPS) is 19.7. The summed E-state index contributed by atoms with van der Waals surface area (Å²) in [4.78, 5) is 13.1. The summed E-state index contributed by atoms with van der Waals surface area (Å²) in [5, 5.41) is 19.9. The topological polar surface area (TPSA) is 71.2 Å². The largest absolute Gasteiger partial charge is 0.506 e. The van der Waals surface area contributed by atoms with E-state index >= 15 is 0 Å². The number of rotatable bonds is 5. The van der Waals surface area contributed by atoms with Crippen LogP contribution in [-0.2, 0) is 0 Å². The van der Waals surface area contributed by atoms with E-state index in [1.54, 1.807) is 24.3 Å². The molecule has 1 heterocycles. The molecule has 3 aromatic rings. The number of Topliss-reactive ketones (excluding diaryl/α,β-unsaturated/α-hetero) is 1. The molecule has 0 unspecified atom stereocenters. The molecule has 0 spiro atoms. The monoisotopic (exact) mass is 422 g/mol. The number of benzene rings is 3. The summed E-state index contributed by atoms with van der Waals surface area (Å²) < 4.78 is 5.85. The zero-order chi connectivity index (χ0) is 22.1. The molecule has 0 aromatic heterocycles. The maximum Gasteiger partial charge on any atom is 0.199 e. The van der Waals surface area contributed by atoms with Gasteiger partial charge in [0.25, 0.3) is 0 Å². The number of hydrogen-bond acceptors (Lipinski definition) is 5. The van der Waals surface area contributed by atoms with Crippen LogP contribution in [0, 0.1) is 0 Å². The molecule has 1 aliphatic heterocycles. The Morgan fingerprint density at radius 2 is 1.59 bits per heavy atom. The Kier molecular flexibility index (Phi) is 5.15. The highest BCUT2D eigenvalue weighted by atomic mass is 16.5. The fourth-order valence-corrected chi connectivity index (χ4v) is 4.35. The number of para-hydroxylation sites is 1. The van der Waals surface area contributed by atoms with Crippen molar-refractivity contribution >= 4 is 11.5 Å². The molecule has 5 heteroatoms. The maximum absolute atomic E-state index is 13.1. The van der Waals surface area contributed by atoms with Gasteiger partial charge in [-0.15, -0.1) is 0 Å². The number of carbonyl (C=O) groups is 1. The third kappa shape index (κ3) is 3.32. The summed E-state index contributed by atoms with van der Waals surface area (Å²) in [5.41, 5.74) is 3.58. The van der Waals surface area contributed by atoms with E-state index in [4.69, 9.17) is 4.74 Å². The third-order valence-corrected chi connectivity index (χ3v) is 5.84. The predicted molar refractivity (Wildman–Crippen MR) is 123 cm³/mol. The fraction of sp³-hybridized carbons (Fsp3) is 0.148. The lowest BCUT2D eigenvalue weighted by molar-refractivity contribution is 0.103.